The normalized spacial score (nSPS) is 12.1. The number of benzene rings is 2. The minimum Gasteiger partial charge on any atom is -0.481 e. The lowest BCUT2D eigenvalue weighted by molar-refractivity contribution is -0.137. The van der Waals surface area contributed by atoms with Gasteiger partial charge in [0.2, 0.25) is 0 Å². The van der Waals surface area contributed by atoms with Crippen LogP contribution in [0.25, 0.3) is 0 Å². The molecule has 0 saturated carbocycles. The van der Waals surface area contributed by atoms with Crippen LogP contribution in [-0.2, 0) is 17.8 Å². The number of aliphatic carboxylic acids is 1. The highest BCUT2D eigenvalue weighted by atomic mass is 19.2. The lowest BCUT2D eigenvalue weighted by atomic mass is 10.0. The van der Waals surface area contributed by atoms with E-state index in [0.29, 0.717) is 24.9 Å². The Bertz CT molecular complexity index is 647. The van der Waals surface area contributed by atoms with E-state index < -0.39 is 17.6 Å². The third kappa shape index (κ3) is 5.79. The summed E-state index contributed by atoms with van der Waals surface area (Å²) in [5.74, 6) is -2.60. The maximum atomic E-state index is 13.2. The number of rotatable bonds is 8. The number of hydrogen-bond acceptors (Lipinski definition) is 2. The van der Waals surface area contributed by atoms with Crippen molar-refractivity contribution in [3.63, 3.8) is 0 Å². The third-order valence-corrected chi connectivity index (χ3v) is 3.61. The summed E-state index contributed by atoms with van der Waals surface area (Å²) in [6.07, 6.45) is 1.20. The highest BCUT2D eigenvalue weighted by molar-refractivity contribution is 5.66. The molecule has 0 radical (unpaired) electrons. The van der Waals surface area contributed by atoms with Crippen LogP contribution in [0.3, 0.4) is 0 Å². The third-order valence-electron chi connectivity index (χ3n) is 3.61. The molecule has 2 aromatic carbocycles. The summed E-state index contributed by atoms with van der Waals surface area (Å²) in [4.78, 5) is 10.8. The van der Waals surface area contributed by atoms with Crippen LogP contribution in [0.2, 0.25) is 0 Å². The molecule has 0 aromatic heterocycles. The molecule has 2 rings (SSSR count). The van der Waals surface area contributed by atoms with Gasteiger partial charge in [0.1, 0.15) is 0 Å². The van der Waals surface area contributed by atoms with Gasteiger partial charge < -0.3 is 10.4 Å². The maximum Gasteiger partial charge on any atom is 0.303 e. The molecule has 0 aliphatic rings. The zero-order chi connectivity index (χ0) is 16.7. The fraction of sp³-hybridized carbons (Fsp3) is 0.278. The zero-order valence-corrected chi connectivity index (χ0v) is 12.6. The molecule has 0 saturated heterocycles. The predicted octanol–water partition coefficient (Wildman–Crippen LogP) is 3.53. The van der Waals surface area contributed by atoms with Crippen LogP contribution in [0.1, 0.15) is 24.0 Å². The van der Waals surface area contributed by atoms with Gasteiger partial charge in [0.05, 0.1) is 0 Å². The van der Waals surface area contributed by atoms with Crippen LogP contribution in [0.4, 0.5) is 8.78 Å². The Balaban J connectivity index is 1.98. The summed E-state index contributed by atoms with van der Waals surface area (Å²) < 4.78 is 26.2. The zero-order valence-electron chi connectivity index (χ0n) is 12.6. The molecule has 2 N–H and O–H groups in total. The molecule has 122 valence electrons. The van der Waals surface area contributed by atoms with Crippen LogP contribution < -0.4 is 5.32 Å². The average Bonchev–Trinajstić information content (AvgIpc) is 2.54. The van der Waals surface area contributed by atoms with Gasteiger partial charge >= 0.3 is 5.97 Å². The summed E-state index contributed by atoms with van der Waals surface area (Å²) in [7, 11) is 0. The van der Waals surface area contributed by atoms with E-state index in [1.807, 2.05) is 30.3 Å². The molecule has 0 amide bonds. The topological polar surface area (TPSA) is 49.3 Å². The largest absolute Gasteiger partial charge is 0.481 e. The molecule has 23 heavy (non-hydrogen) atoms. The van der Waals surface area contributed by atoms with Crippen molar-refractivity contribution in [1.29, 1.82) is 0 Å². The Kier molecular flexibility index (Phi) is 6.23. The van der Waals surface area contributed by atoms with Crippen molar-refractivity contribution in [3.05, 3.63) is 71.3 Å². The molecule has 3 nitrogen and oxygen atoms in total. The van der Waals surface area contributed by atoms with Crippen LogP contribution in [0.15, 0.2) is 48.5 Å². The Morgan fingerprint density at radius 3 is 2.43 bits per heavy atom. The highest BCUT2D eigenvalue weighted by Gasteiger charge is 2.12. The number of carboxylic acids is 1. The lowest BCUT2D eigenvalue weighted by Gasteiger charge is -2.18. The van der Waals surface area contributed by atoms with Crippen LogP contribution in [-0.4, -0.2) is 17.1 Å². The molecule has 1 atom stereocenters. The first-order chi connectivity index (χ1) is 11.0. The molecule has 0 aliphatic carbocycles. The Morgan fingerprint density at radius 2 is 1.78 bits per heavy atom. The molecule has 5 heteroatoms. The summed E-state index contributed by atoms with van der Waals surface area (Å²) >= 11 is 0. The molecule has 0 bridgehead atoms. The number of nitrogens with one attached hydrogen (secondary N) is 1. The van der Waals surface area contributed by atoms with Crippen molar-refractivity contribution in [2.24, 2.45) is 0 Å². The van der Waals surface area contributed by atoms with Gasteiger partial charge in [0.25, 0.3) is 0 Å². The van der Waals surface area contributed by atoms with Gasteiger partial charge in [0.15, 0.2) is 11.6 Å². The van der Waals surface area contributed by atoms with E-state index >= 15 is 0 Å². The molecule has 0 aliphatic heterocycles. The summed E-state index contributed by atoms with van der Waals surface area (Å²) in [6, 6.07) is 13.4. The fourth-order valence-electron chi connectivity index (χ4n) is 2.38. The predicted molar refractivity (Wildman–Crippen MR) is 84.0 cm³/mol. The average molecular weight is 319 g/mol. The number of carbonyl (C=O) groups is 1. The number of hydrogen-bond donors (Lipinski definition) is 2. The van der Waals surface area contributed by atoms with Gasteiger partial charge in [-0.15, -0.1) is 0 Å². The summed E-state index contributed by atoms with van der Waals surface area (Å²) in [5.41, 5.74) is 1.72. The van der Waals surface area contributed by atoms with Crippen molar-refractivity contribution < 1.29 is 18.7 Å². The standard InChI is InChI=1S/C18H19F2NO2/c19-16-8-6-14(11-17(16)20)12-21-15(7-9-18(22)23)10-13-4-2-1-3-5-13/h1-6,8,11,15,21H,7,9-10,12H2,(H,22,23). The van der Waals surface area contributed by atoms with Gasteiger partial charge in [-0.25, -0.2) is 8.78 Å². The van der Waals surface area contributed by atoms with E-state index in [1.54, 1.807) is 0 Å². The Morgan fingerprint density at radius 1 is 1.04 bits per heavy atom. The maximum absolute atomic E-state index is 13.2. The molecule has 2 aromatic rings. The van der Waals surface area contributed by atoms with Crippen molar-refractivity contribution in [2.45, 2.75) is 31.8 Å². The number of carboxylic acid groups (broad SMARTS) is 1. The number of halogens is 2. The Hall–Kier alpha value is -2.27. The summed E-state index contributed by atoms with van der Waals surface area (Å²) in [5, 5.41) is 12.1. The second-order valence-electron chi connectivity index (χ2n) is 5.45. The molecular formula is C18H19F2NO2. The van der Waals surface area contributed by atoms with Gasteiger partial charge in [0, 0.05) is 19.0 Å². The first-order valence-corrected chi connectivity index (χ1v) is 7.47. The molecule has 0 spiro atoms. The van der Waals surface area contributed by atoms with Crippen LogP contribution in [0, 0.1) is 11.6 Å². The highest BCUT2D eigenvalue weighted by Crippen LogP contribution is 2.11. The lowest BCUT2D eigenvalue weighted by Crippen LogP contribution is -2.31. The van der Waals surface area contributed by atoms with Crippen LogP contribution >= 0.6 is 0 Å². The van der Waals surface area contributed by atoms with E-state index in [0.717, 1.165) is 17.7 Å². The molecule has 1 unspecified atom stereocenters. The minimum atomic E-state index is -0.880. The fourth-order valence-corrected chi connectivity index (χ4v) is 2.38. The first-order valence-electron chi connectivity index (χ1n) is 7.47. The monoisotopic (exact) mass is 319 g/mol. The smallest absolute Gasteiger partial charge is 0.303 e. The quantitative estimate of drug-likeness (QED) is 0.782. The van der Waals surface area contributed by atoms with Crippen molar-refractivity contribution in [1.82, 2.24) is 5.32 Å². The van der Waals surface area contributed by atoms with E-state index in [4.69, 9.17) is 5.11 Å². The molecular weight excluding hydrogens is 300 g/mol. The van der Waals surface area contributed by atoms with Crippen LogP contribution in [0.5, 0.6) is 0 Å². The van der Waals surface area contributed by atoms with E-state index in [1.165, 1.54) is 6.07 Å². The first kappa shape index (κ1) is 17.1. The van der Waals surface area contributed by atoms with Crippen molar-refractivity contribution in [3.8, 4) is 0 Å². The molecule has 0 fully saturated rings. The van der Waals surface area contributed by atoms with Gasteiger partial charge in [-0.1, -0.05) is 36.4 Å². The Labute approximate surface area is 134 Å². The van der Waals surface area contributed by atoms with E-state index in [2.05, 4.69) is 5.32 Å². The van der Waals surface area contributed by atoms with Crippen molar-refractivity contribution >= 4 is 5.97 Å². The second kappa shape index (κ2) is 8.39. The van der Waals surface area contributed by atoms with Gasteiger partial charge in [-0.05, 0) is 36.1 Å². The van der Waals surface area contributed by atoms with E-state index in [9.17, 15) is 13.6 Å². The summed E-state index contributed by atoms with van der Waals surface area (Å²) in [6.45, 7) is 0.355. The minimum absolute atomic E-state index is 0.0541. The molecule has 0 heterocycles. The van der Waals surface area contributed by atoms with E-state index in [-0.39, 0.29) is 12.5 Å². The second-order valence-corrected chi connectivity index (χ2v) is 5.45. The SMILES string of the molecule is O=C(O)CCC(Cc1ccccc1)NCc1ccc(F)c(F)c1. The van der Waals surface area contributed by atoms with Gasteiger partial charge in [-0.2, -0.15) is 0 Å². The van der Waals surface area contributed by atoms with Crippen molar-refractivity contribution in [2.75, 3.05) is 0 Å². The van der Waals surface area contributed by atoms with Gasteiger partial charge in [-0.3, -0.25) is 4.79 Å².